The SMILES string of the molecule is CCOc1nc(C)c(Cc2ccccc2)c(=O)n1Cc1ccc(-c2ccccc2-c2noc(=O)[nH]2)cc1.[H-].[K+]. The van der Waals surface area contributed by atoms with Gasteiger partial charge in [0.05, 0.1) is 18.8 Å². The molecular formula is C29H27KN4O4. The predicted molar refractivity (Wildman–Crippen MR) is 142 cm³/mol. The van der Waals surface area contributed by atoms with Crippen molar-refractivity contribution >= 4 is 0 Å². The molecule has 1 N–H and O–H groups in total. The molecule has 2 aromatic heterocycles. The van der Waals surface area contributed by atoms with Gasteiger partial charge in [0.2, 0.25) is 0 Å². The predicted octanol–water partition coefficient (Wildman–Crippen LogP) is 1.72. The van der Waals surface area contributed by atoms with Crippen LogP contribution in [-0.4, -0.2) is 26.3 Å². The van der Waals surface area contributed by atoms with E-state index in [1.54, 1.807) is 4.57 Å². The molecule has 9 heteroatoms. The Morgan fingerprint density at radius 1 is 0.921 bits per heavy atom. The van der Waals surface area contributed by atoms with E-state index >= 15 is 0 Å². The summed E-state index contributed by atoms with van der Waals surface area (Å²) in [6.45, 7) is 4.45. The van der Waals surface area contributed by atoms with Gasteiger partial charge in [0.1, 0.15) is 0 Å². The molecule has 0 radical (unpaired) electrons. The minimum Gasteiger partial charge on any atom is -1.00 e. The van der Waals surface area contributed by atoms with E-state index in [1.807, 2.05) is 92.7 Å². The Morgan fingerprint density at radius 3 is 2.26 bits per heavy atom. The van der Waals surface area contributed by atoms with Crippen molar-refractivity contribution < 1.29 is 62.1 Å². The first kappa shape index (κ1) is 27.9. The number of H-pyrrole nitrogens is 1. The molecule has 3 aromatic carbocycles. The van der Waals surface area contributed by atoms with Crippen molar-refractivity contribution in [3.05, 3.63) is 122 Å². The van der Waals surface area contributed by atoms with E-state index in [2.05, 4.69) is 19.6 Å². The summed E-state index contributed by atoms with van der Waals surface area (Å²) in [5, 5.41) is 3.83. The molecule has 0 unspecified atom stereocenters. The maximum absolute atomic E-state index is 13.6. The molecule has 0 saturated heterocycles. The normalized spacial score (nSPS) is 10.7. The number of aromatic amines is 1. The van der Waals surface area contributed by atoms with Crippen molar-refractivity contribution in [3.8, 4) is 28.5 Å². The Kier molecular flexibility index (Phi) is 9.29. The molecule has 0 fully saturated rings. The van der Waals surface area contributed by atoms with Crippen molar-refractivity contribution in [2.24, 2.45) is 0 Å². The third-order valence-electron chi connectivity index (χ3n) is 6.16. The topological polar surface area (TPSA) is 103 Å². The summed E-state index contributed by atoms with van der Waals surface area (Å²) in [5.74, 6) is -0.233. The molecule has 0 atom stereocenters. The number of benzene rings is 3. The zero-order valence-electron chi connectivity index (χ0n) is 22.6. The third-order valence-corrected chi connectivity index (χ3v) is 6.16. The number of nitrogens with one attached hydrogen (secondary N) is 1. The first-order valence-corrected chi connectivity index (χ1v) is 12.0. The second-order valence-electron chi connectivity index (χ2n) is 8.63. The first-order chi connectivity index (χ1) is 18.0. The van der Waals surface area contributed by atoms with Crippen molar-refractivity contribution in [2.45, 2.75) is 26.8 Å². The summed E-state index contributed by atoms with van der Waals surface area (Å²) in [5.41, 5.74) is 5.79. The molecule has 188 valence electrons. The molecule has 5 rings (SSSR count). The van der Waals surface area contributed by atoms with Crippen LogP contribution in [0, 0.1) is 6.92 Å². The fourth-order valence-corrected chi connectivity index (χ4v) is 4.32. The van der Waals surface area contributed by atoms with E-state index in [4.69, 9.17) is 4.74 Å². The van der Waals surface area contributed by atoms with Crippen LogP contribution in [-0.2, 0) is 13.0 Å². The monoisotopic (exact) mass is 534 g/mol. The van der Waals surface area contributed by atoms with E-state index in [0.29, 0.717) is 42.7 Å². The van der Waals surface area contributed by atoms with Crippen LogP contribution in [0.4, 0.5) is 0 Å². The number of hydrogen-bond donors (Lipinski definition) is 1. The van der Waals surface area contributed by atoms with Crippen LogP contribution in [0.1, 0.15) is 30.7 Å². The van der Waals surface area contributed by atoms with Gasteiger partial charge in [-0.05, 0) is 36.1 Å². The zero-order chi connectivity index (χ0) is 25.8. The second kappa shape index (κ2) is 12.6. The van der Waals surface area contributed by atoms with Crippen LogP contribution < -0.4 is 67.4 Å². The molecule has 8 nitrogen and oxygen atoms in total. The molecule has 0 aliphatic heterocycles. The Balaban J connectivity index is 0.00000210. The van der Waals surface area contributed by atoms with E-state index in [1.165, 1.54) is 0 Å². The Labute approximate surface area is 263 Å². The van der Waals surface area contributed by atoms with Crippen molar-refractivity contribution in [2.75, 3.05) is 6.61 Å². The molecule has 2 heterocycles. The maximum atomic E-state index is 13.6. The van der Waals surface area contributed by atoms with Gasteiger partial charge >= 0.3 is 57.1 Å². The van der Waals surface area contributed by atoms with Gasteiger partial charge in [-0.25, -0.2) is 9.78 Å². The van der Waals surface area contributed by atoms with Crippen LogP contribution in [0.2, 0.25) is 0 Å². The molecule has 0 aliphatic rings. The zero-order valence-corrected chi connectivity index (χ0v) is 24.7. The van der Waals surface area contributed by atoms with Crippen LogP contribution >= 0.6 is 0 Å². The van der Waals surface area contributed by atoms with E-state index < -0.39 is 5.76 Å². The van der Waals surface area contributed by atoms with Gasteiger partial charge < -0.3 is 6.16 Å². The Hall–Kier alpha value is -3.08. The van der Waals surface area contributed by atoms with Gasteiger partial charge in [0.15, 0.2) is 5.82 Å². The fourth-order valence-electron chi connectivity index (χ4n) is 4.32. The largest absolute Gasteiger partial charge is 1.00 e. The second-order valence-corrected chi connectivity index (χ2v) is 8.63. The van der Waals surface area contributed by atoms with Crippen LogP contribution in [0.5, 0.6) is 6.01 Å². The molecule has 5 aromatic rings. The standard InChI is InChI=1S/C29H26N4O4.K.H/c1-3-36-28-30-19(2)25(17-20-9-5-4-6-10-20)27(34)33(28)18-21-13-15-22(16-14-21)23-11-7-8-12-24(23)26-31-29(35)37-32-26;;/h4-16H,3,17-18H2,1-2H3,(H,31,32,35);;/q;+1;-1. The van der Waals surface area contributed by atoms with E-state index in [9.17, 15) is 9.59 Å². The molecular weight excluding hydrogens is 507 g/mol. The maximum Gasteiger partial charge on any atom is 1.00 e. The average Bonchev–Trinajstić information content (AvgIpc) is 3.36. The number of aromatic nitrogens is 4. The summed E-state index contributed by atoms with van der Waals surface area (Å²) in [7, 11) is 0. The summed E-state index contributed by atoms with van der Waals surface area (Å²) < 4.78 is 12.0. The van der Waals surface area contributed by atoms with Gasteiger partial charge in [0, 0.05) is 17.5 Å². The molecule has 38 heavy (non-hydrogen) atoms. The number of nitrogens with zero attached hydrogens (tertiary/aromatic N) is 3. The molecule has 0 amide bonds. The van der Waals surface area contributed by atoms with Gasteiger partial charge in [-0.3, -0.25) is 18.9 Å². The third kappa shape index (κ3) is 6.14. The fraction of sp³-hybridized carbons (Fsp3) is 0.172. The minimum atomic E-state index is -0.603. The van der Waals surface area contributed by atoms with Gasteiger partial charge in [0.25, 0.3) is 11.6 Å². The molecule has 0 saturated carbocycles. The number of aryl methyl sites for hydroxylation is 1. The summed E-state index contributed by atoms with van der Waals surface area (Å²) in [6, 6.07) is 25.7. The van der Waals surface area contributed by atoms with E-state index in [0.717, 1.165) is 27.8 Å². The van der Waals surface area contributed by atoms with E-state index in [-0.39, 0.29) is 58.4 Å². The van der Waals surface area contributed by atoms with Gasteiger partial charge in [-0.15, -0.1) is 0 Å². The quantitative estimate of drug-likeness (QED) is 0.304. The number of hydrogen-bond acceptors (Lipinski definition) is 6. The molecule has 0 bridgehead atoms. The van der Waals surface area contributed by atoms with Crippen LogP contribution in [0.15, 0.2) is 93.0 Å². The Morgan fingerprint density at radius 2 is 1.61 bits per heavy atom. The summed E-state index contributed by atoms with van der Waals surface area (Å²) >= 11 is 0. The van der Waals surface area contributed by atoms with Crippen molar-refractivity contribution in [1.29, 1.82) is 0 Å². The van der Waals surface area contributed by atoms with Crippen molar-refractivity contribution in [3.63, 3.8) is 0 Å². The van der Waals surface area contributed by atoms with Crippen molar-refractivity contribution in [1.82, 2.24) is 19.7 Å². The minimum absolute atomic E-state index is 0. The smallest absolute Gasteiger partial charge is 1.00 e. The molecule has 0 aliphatic carbocycles. The summed E-state index contributed by atoms with van der Waals surface area (Å²) in [4.78, 5) is 32.3. The molecule has 0 spiro atoms. The van der Waals surface area contributed by atoms with Crippen LogP contribution in [0.3, 0.4) is 0 Å². The van der Waals surface area contributed by atoms with Crippen LogP contribution in [0.25, 0.3) is 22.5 Å². The number of ether oxygens (including phenoxy) is 1. The first-order valence-electron chi connectivity index (χ1n) is 12.0. The van der Waals surface area contributed by atoms with Gasteiger partial charge in [-0.1, -0.05) is 84.0 Å². The Bertz CT molecular complexity index is 1650. The average molecular weight is 535 g/mol. The summed E-state index contributed by atoms with van der Waals surface area (Å²) in [6.07, 6.45) is 0.505. The van der Waals surface area contributed by atoms with Gasteiger partial charge in [-0.2, -0.15) is 0 Å². The number of rotatable bonds is 8.